The smallest absolute Gasteiger partial charge is 0.270 e. The lowest BCUT2D eigenvalue weighted by atomic mass is 10.1. The van der Waals surface area contributed by atoms with E-state index in [2.05, 4.69) is 5.32 Å². The summed E-state index contributed by atoms with van der Waals surface area (Å²) in [5, 5.41) is 3.36. The van der Waals surface area contributed by atoms with Crippen molar-refractivity contribution in [2.75, 3.05) is 4.90 Å². The summed E-state index contributed by atoms with van der Waals surface area (Å²) in [6, 6.07) is 20.4. The number of thiocarbonyl (C=S) groups is 1. The molecule has 0 atom stereocenters. The standard InChI is InChI=1S/C21H13ClN2O2S3/c22-13-6-8-15(9-7-13)28-18-11-10-16(29-18)12-17-19(25)23-21(27)24(20(17)26)14-4-2-1-3-5-14/h1-12H,(H,23,25,27)/b17-12-. The number of benzene rings is 2. The highest BCUT2D eigenvalue weighted by Gasteiger charge is 2.34. The predicted octanol–water partition coefficient (Wildman–Crippen LogP) is 5.38. The van der Waals surface area contributed by atoms with Gasteiger partial charge in [0.05, 0.1) is 9.90 Å². The van der Waals surface area contributed by atoms with Crippen LogP contribution < -0.4 is 10.2 Å². The highest BCUT2D eigenvalue weighted by atomic mass is 35.5. The second-order valence-corrected chi connectivity index (χ2v) is 9.32. The van der Waals surface area contributed by atoms with E-state index in [1.807, 2.05) is 54.6 Å². The summed E-state index contributed by atoms with van der Waals surface area (Å²) in [6.07, 6.45) is 1.60. The van der Waals surface area contributed by atoms with Gasteiger partial charge >= 0.3 is 0 Å². The summed E-state index contributed by atoms with van der Waals surface area (Å²) >= 11 is 14.2. The largest absolute Gasteiger partial charge is 0.298 e. The third-order valence-electron chi connectivity index (χ3n) is 4.04. The molecular formula is C21H13ClN2O2S3. The molecule has 1 aliphatic rings. The van der Waals surface area contributed by atoms with Gasteiger partial charge in [-0.15, -0.1) is 11.3 Å². The molecule has 0 saturated carbocycles. The molecule has 2 amide bonds. The van der Waals surface area contributed by atoms with Crippen LogP contribution in [-0.2, 0) is 9.59 Å². The molecule has 1 N–H and O–H groups in total. The molecule has 2 heterocycles. The minimum absolute atomic E-state index is 0.0485. The van der Waals surface area contributed by atoms with E-state index in [0.29, 0.717) is 10.7 Å². The van der Waals surface area contributed by atoms with Crippen LogP contribution in [0.3, 0.4) is 0 Å². The molecule has 0 radical (unpaired) electrons. The van der Waals surface area contributed by atoms with Crippen molar-refractivity contribution in [2.45, 2.75) is 9.10 Å². The number of para-hydroxylation sites is 1. The number of carbonyl (C=O) groups excluding carboxylic acids is 2. The van der Waals surface area contributed by atoms with E-state index in [4.69, 9.17) is 23.8 Å². The van der Waals surface area contributed by atoms with Crippen LogP contribution in [0.25, 0.3) is 6.08 Å². The van der Waals surface area contributed by atoms with Crippen LogP contribution in [0.5, 0.6) is 0 Å². The zero-order chi connectivity index (χ0) is 20.4. The van der Waals surface area contributed by atoms with Gasteiger partial charge in [0.15, 0.2) is 5.11 Å². The molecule has 0 bridgehead atoms. The number of anilines is 1. The van der Waals surface area contributed by atoms with E-state index in [9.17, 15) is 9.59 Å². The van der Waals surface area contributed by atoms with E-state index in [1.54, 1.807) is 30.0 Å². The van der Waals surface area contributed by atoms with Gasteiger partial charge < -0.3 is 0 Å². The Morgan fingerprint density at radius 2 is 1.72 bits per heavy atom. The number of carbonyl (C=O) groups is 2. The Labute approximate surface area is 186 Å². The van der Waals surface area contributed by atoms with Gasteiger partial charge in [0.2, 0.25) is 0 Å². The molecule has 3 aromatic rings. The van der Waals surface area contributed by atoms with Crippen molar-refractivity contribution in [1.82, 2.24) is 5.32 Å². The molecule has 144 valence electrons. The fourth-order valence-corrected chi connectivity index (χ4v) is 5.17. The zero-order valence-corrected chi connectivity index (χ0v) is 18.0. The maximum absolute atomic E-state index is 13.0. The van der Waals surface area contributed by atoms with Crippen molar-refractivity contribution in [3.8, 4) is 0 Å². The topological polar surface area (TPSA) is 49.4 Å². The highest BCUT2D eigenvalue weighted by molar-refractivity contribution is 8.01. The summed E-state index contributed by atoms with van der Waals surface area (Å²) < 4.78 is 1.04. The number of halogens is 1. The number of nitrogens with zero attached hydrogens (tertiary/aromatic N) is 1. The number of rotatable bonds is 4. The van der Waals surface area contributed by atoms with Crippen LogP contribution in [0.2, 0.25) is 5.02 Å². The second kappa shape index (κ2) is 8.51. The molecule has 2 aromatic carbocycles. The number of thiophene rings is 1. The number of hydrogen-bond acceptors (Lipinski definition) is 5. The molecule has 29 heavy (non-hydrogen) atoms. The fraction of sp³-hybridized carbons (Fsp3) is 0. The van der Waals surface area contributed by atoms with E-state index in [0.717, 1.165) is 14.0 Å². The molecule has 1 aromatic heterocycles. The van der Waals surface area contributed by atoms with Crippen LogP contribution in [0, 0.1) is 0 Å². The third kappa shape index (κ3) is 4.43. The lowest BCUT2D eigenvalue weighted by molar-refractivity contribution is -0.122. The van der Waals surface area contributed by atoms with E-state index in [1.165, 1.54) is 16.2 Å². The quantitative estimate of drug-likeness (QED) is 0.325. The Morgan fingerprint density at radius 3 is 2.45 bits per heavy atom. The molecule has 1 fully saturated rings. The first-order valence-corrected chi connectivity index (χ1v) is 10.9. The van der Waals surface area contributed by atoms with Gasteiger partial charge in [-0.25, -0.2) is 0 Å². The van der Waals surface area contributed by atoms with Crippen molar-refractivity contribution < 1.29 is 9.59 Å². The van der Waals surface area contributed by atoms with Crippen molar-refractivity contribution in [3.05, 3.63) is 82.2 Å². The SMILES string of the molecule is O=C1NC(=S)N(c2ccccc2)C(=O)/C1=C\c1ccc(Sc2ccc(Cl)cc2)s1. The highest BCUT2D eigenvalue weighted by Crippen LogP contribution is 2.35. The first-order chi connectivity index (χ1) is 14.0. The van der Waals surface area contributed by atoms with E-state index < -0.39 is 11.8 Å². The van der Waals surface area contributed by atoms with E-state index >= 15 is 0 Å². The first-order valence-electron chi connectivity index (χ1n) is 8.51. The molecule has 0 unspecified atom stereocenters. The maximum atomic E-state index is 13.0. The lowest BCUT2D eigenvalue weighted by Gasteiger charge is -2.28. The molecule has 4 rings (SSSR count). The normalized spacial score (nSPS) is 15.7. The van der Waals surface area contributed by atoms with Crippen LogP contribution in [0.15, 0.2) is 81.4 Å². The van der Waals surface area contributed by atoms with Gasteiger partial charge in [0.1, 0.15) is 5.57 Å². The summed E-state index contributed by atoms with van der Waals surface area (Å²) in [6.45, 7) is 0. The van der Waals surface area contributed by atoms with Gasteiger partial charge in [-0.3, -0.25) is 19.8 Å². The lowest BCUT2D eigenvalue weighted by Crippen LogP contribution is -2.54. The monoisotopic (exact) mass is 456 g/mol. The van der Waals surface area contributed by atoms with Crippen LogP contribution in [0.4, 0.5) is 5.69 Å². The Hall–Kier alpha value is -2.45. The molecular weight excluding hydrogens is 444 g/mol. The van der Waals surface area contributed by atoms with Crippen LogP contribution in [0.1, 0.15) is 4.88 Å². The maximum Gasteiger partial charge on any atom is 0.270 e. The van der Waals surface area contributed by atoms with E-state index in [-0.39, 0.29) is 10.7 Å². The van der Waals surface area contributed by atoms with Gasteiger partial charge in [-0.2, -0.15) is 0 Å². The average molecular weight is 457 g/mol. The summed E-state index contributed by atoms with van der Waals surface area (Å²) in [5.74, 6) is -0.933. The average Bonchev–Trinajstić information content (AvgIpc) is 3.15. The number of nitrogens with one attached hydrogen (secondary N) is 1. The molecule has 0 aliphatic carbocycles. The Balaban J connectivity index is 1.59. The summed E-state index contributed by atoms with van der Waals surface area (Å²) in [4.78, 5) is 28.6. The summed E-state index contributed by atoms with van der Waals surface area (Å²) in [7, 11) is 0. The zero-order valence-electron chi connectivity index (χ0n) is 14.8. The summed E-state index contributed by atoms with van der Waals surface area (Å²) in [5.41, 5.74) is 0.658. The van der Waals surface area contributed by atoms with Crippen molar-refractivity contribution in [2.24, 2.45) is 0 Å². The molecule has 1 saturated heterocycles. The van der Waals surface area contributed by atoms with Crippen molar-refractivity contribution >= 4 is 75.6 Å². The van der Waals surface area contributed by atoms with Crippen LogP contribution in [-0.4, -0.2) is 16.9 Å². The van der Waals surface area contributed by atoms with Gasteiger partial charge in [0, 0.05) is 14.8 Å². The number of amides is 2. The molecule has 1 aliphatic heterocycles. The first kappa shape index (κ1) is 19.8. The molecule has 8 heteroatoms. The Kier molecular flexibility index (Phi) is 5.82. The minimum Gasteiger partial charge on any atom is -0.298 e. The van der Waals surface area contributed by atoms with Gasteiger partial charge in [0.25, 0.3) is 11.8 Å². The molecule has 4 nitrogen and oxygen atoms in total. The van der Waals surface area contributed by atoms with Crippen molar-refractivity contribution in [3.63, 3.8) is 0 Å². The number of hydrogen-bond donors (Lipinski definition) is 1. The predicted molar refractivity (Wildman–Crippen MR) is 123 cm³/mol. The van der Waals surface area contributed by atoms with Gasteiger partial charge in [-0.05, 0) is 66.8 Å². The third-order valence-corrected chi connectivity index (χ3v) is 6.75. The van der Waals surface area contributed by atoms with Gasteiger partial charge in [-0.1, -0.05) is 41.6 Å². The van der Waals surface area contributed by atoms with Crippen LogP contribution >= 0.6 is 46.9 Å². The fourth-order valence-electron chi connectivity index (χ4n) is 2.70. The van der Waals surface area contributed by atoms with Crippen molar-refractivity contribution in [1.29, 1.82) is 0 Å². The molecule has 0 spiro atoms. The second-order valence-electron chi connectivity index (χ2n) is 6.01. The minimum atomic E-state index is -0.493. The Morgan fingerprint density at radius 1 is 1.00 bits per heavy atom. The Bertz CT molecular complexity index is 1120.